The normalized spacial score (nSPS) is 17.9. The van der Waals surface area contributed by atoms with Crippen molar-refractivity contribution in [2.45, 2.75) is 39.3 Å². The van der Waals surface area contributed by atoms with Crippen molar-refractivity contribution < 1.29 is 18.7 Å². The quantitative estimate of drug-likeness (QED) is 0.333. The zero-order chi connectivity index (χ0) is 27.5. The number of nitrogens with zero attached hydrogens (tertiary/aromatic N) is 2. The minimum atomic E-state index is -1.62. The van der Waals surface area contributed by atoms with Gasteiger partial charge in [0.05, 0.1) is 23.2 Å². The summed E-state index contributed by atoms with van der Waals surface area (Å²) in [5.74, 6) is -0.847. The zero-order valence-corrected chi connectivity index (χ0v) is 22.5. The van der Waals surface area contributed by atoms with Crippen molar-refractivity contribution in [1.82, 2.24) is 4.90 Å². The van der Waals surface area contributed by atoms with Gasteiger partial charge in [0.2, 0.25) is 5.76 Å². The Morgan fingerprint density at radius 1 is 0.897 bits per heavy atom. The van der Waals surface area contributed by atoms with Crippen molar-refractivity contribution in [3.8, 4) is 0 Å². The van der Waals surface area contributed by atoms with Crippen LogP contribution >= 0.6 is 0 Å². The lowest BCUT2D eigenvalue weighted by Gasteiger charge is -2.34. The number of fused-ring (bicyclic) bond motifs is 5. The smallest absolute Gasteiger partial charge is 0.291 e. The van der Waals surface area contributed by atoms with E-state index in [1.165, 1.54) is 4.90 Å². The number of hydrogen-bond donors (Lipinski definition) is 0. The van der Waals surface area contributed by atoms with Crippen molar-refractivity contribution in [1.29, 1.82) is 0 Å². The van der Waals surface area contributed by atoms with Crippen molar-refractivity contribution in [3.05, 3.63) is 110 Å². The molecule has 198 valence electrons. The molecule has 0 saturated heterocycles. The monoisotopic (exact) mass is 522 g/mol. The van der Waals surface area contributed by atoms with E-state index >= 15 is 0 Å². The number of methoxy groups -OCH3 is 1. The van der Waals surface area contributed by atoms with E-state index in [-0.39, 0.29) is 29.2 Å². The second kappa shape index (κ2) is 9.20. The minimum Gasteiger partial charge on any atom is -0.450 e. The molecule has 4 aromatic rings. The number of amides is 2. The Morgan fingerprint density at radius 2 is 1.62 bits per heavy atom. The highest BCUT2D eigenvalue weighted by Gasteiger charge is 2.64. The fourth-order valence-electron chi connectivity index (χ4n) is 6.03. The summed E-state index contributed by atoms with van der Waals surface area (Å²) in [5, 5.41) is 0.366. The van der Waals surface area contributed by atoms with Gasteiger partial charge >= 0.3 is 0 Å². The van der Waals surface area contributed by atoms with Crippen LogP contribution in [-0.2, 0) is 21.6 Å². The van der Waals surface area contributed by atoms with E-state index in [1.807, 2.05) is 69.3 Å². The number of hydrogen-bond acceptors (Lipinski definition) is 5. The molecule has 39 heavy (non-hydrogen) atoms. The SMILES string of the molecule is COCCCN1C(=O)c2oc3cc(C)c(C)cc3c(=O)c2C12C(=O)N(Cc1ccccc1C)c1ccccc12. The van der Waals surface area contributed by atoms with Gasteiger partial charge in [-0.1, -0.05) is 42.5 Å². The third-order valence-corrected chi connectivity index (χ3v) is 8.17. The summed E-state index contributed by atoms with van der Waals surface area (Å²) in [6, 6.07) is 18.9. The lowest BCUT2D eigenvalue weighted by Crippen LogP contribution is -2.53. The Labute approximate surface area is 226 Å². The standard InChI is InChI=1S/C32H30N2O5/c1-19-10-5-6-11-22(19)18-33-25-13-8-7-12-24(25)32(31(33)37)27-28(35)23-16-20(2)21(3)17-26(23)39-29(27)30(36)34(32)14-9-15-38-4/h5-8,10-13,16-17H,9,14-15,18H2,1-4H3. The third-order valence-electron chi connectivity index (χ3n) is 8.17. The van der Waals surface area contributed by atoms with Crippen LogP contribution in [0.25, 0.3) is 11.0 Å². The first kappa shape index (κ1) is 25.1. The van der Waals surface area contributed by atoms with E-state index in [4.69, 9.17) is 9.15 Å². The topological polar surface area (TPSA) is 80.1 Å². The molecule has 0 radical (unpaired) electrons. The van der Waals surface area contributed by atoms with Gasteiger partial charge < -0.3 is 19.0 Å². The van der Waals surface area contributed by atoms with Crippen LogP contribution in [0.2, 0.25) is 0 Å². The van der Waals surface area contributed by atoms with Crippen LogP contribution in [0.4, 0.5) is 5.69 Å². The van der Waals surface area contributed by atoms with Gasteiger partial charge in [-0.3, -0.25) is 14.4 Å². The molecule has 3 heterocycles. The Hall–Kier alpha value is -4.23. The minimum absolute atomic E-state index is 0.0611. The van der Waals surface area contributed by atoms with Gasteiger partial charge in [0.25, 0.3) is 11.8 Å². The van der Waals surface area contributed by atoms with Crippen LogP contribution in [0, 0.1) is 20.8 Å². The zero-order valence-electron chi connectivity index (χ0n) is 22.5. The van der Waals surface area contributed by atoms with E-state index in [1.54, 1.807) is 24.1 Å². The average Bonchev–Trinajstić information content (AvgIpc) is 3.31. The number of anilines is 1. The van der Waals surface area contributed by atoms with Crippen LogP contribution in [0.3, 0.4) is 0 Å². The van der Waals surface area contributed by atoms with E-state index in [0.717, 1.165) is 22.3 Å². The fourth-order valence-corrected chi connectivity index (χ4v) is 6.03. The molecule has 2 aliphatic heterocycles. The Kier molecular flexibility index (Phi) is 5.92. The molecule has 0 N–H and O–H groups in total. The Balaban J connectivity index is 1.64. The molecule has 1 spiro atoms. The third kappa shape index (κ3) is 3.49. The molecule has 1 atom stereocenters. The molecular weight excluding hydrogens is 492 g/mol. The first-order valence-corrected chi connectivity index (χ1v) is 13.2. The predicted octanol–water partition coefficient (Wildman–Crippen LogP) is 5.00. The molecule has 0 bridgehead atoms. The van der Waals surface area contributed by atoms with Crippen LogP contribution in [-0.4, -0.2) is 37.0 Å². The highest BCUT2D eigenvalue weighted by Crippen LogP contribution is 2.53. The number of benzene rings is 3. The van der Waals surface area contributed by atoms with Gasteiger partial charge in [-0.25, -0.2) is 0 Å². The highest BCUT2D eigenvalue weighted by atomic mass is 16.5. The van der Waals surface area contributed by atoms with Crippen molar-refractivity contribution in [3.63, 3.8) is 0 Å². The second-order valence-corrected chi connectivity index (χ2v) is 10.4. The number of rotatable bonds is 6. The maximum atomic E-state index is 14.8. The molecule has 0 aliphatic carbocycles. The Bertz CT molecular complexity index is 1720. The van der Waals surface area contributed by atoms with E-state index in [0.29, 0.717) is 41.8 Å². The average molecular weight is 523 g/mol. The molecule has 0 saturated carbocycles. The molecular formula is C32H30N2O5. The molecule has 7 heteroatoms. The lowest BCUT2D eigenvalue weighted by molar-refractivity contribution is -0.126. The first-order valence-electron chi connectivity index (χ1n) is 13.2. The summed E-state index contributed by atoms with van der Waals surface area (Å²) in [5.41, 5.74) is 3.71. The van der Waals surface area contributed by atoms with Gasteiger partial charge in [0, 0.05) is 25.8 Å². The predicted molar refractivity (Wildman–Crippen MR) is 149 cm³/mol. The molecule has 1 unspecified atom stereocenters. The van der Waals surface area contributed by atoms with Crippen molar-refractivity contribution in [2.24, 2.45) is 0 Å². The van der Waals surface area contributed by atoms with Crippen molar-refractivity contribution >= 4 is 28.5 Å². The maximum absolute atomic E-state index is 14.8. The molecule has 1 aromatic heterocycles. The second-order valence-electron chi connectivity index (χ2n) is 10.4. The number of aryl methyl sites for hydroxylation is 3. The van der Waals surface area contributed by atoms with Gasteiger partial charge in [0.15, 0.2) is 11.0 Å². The van der Waals surface area contributed by atoms with Gasteiger partial charge in [-0.05, 0) is 67.6 Å². The largest absolute Gasteiger partial charge is 0.450 e. The van der Waals surface area contributed by atoms with Crippen LogP contribution in [0.15, 0.2) is 69.9 Å². The molecule has 3 aromatic carbocycles. The number of carbonyl (C=O) groups is 2. The van der Waals surface area contributed by atoms with Crippen LogP contribution < -0.4 is 10.3 Å². The highest BCUT2D eigenvalue weighted by molar-refractivity contribution is 6.17. The molecule has 6 rings (SSSR count). The fraction of sp³-hybridized carbons (Fsp3) is 0.281. The molecule has 0 fully saturated rings. The van der Waals surface area contributed by atoms with Crippen LogP contribution in [0.1, 0.15) is 50.4 Å². The lowest BCUT2D eigenvalue weighted by atomic mass is 9.83. The van der Waals surface area contributed by atoms with Gasteiger partial charge in [-0.2, -0.15) is 0 Å². The number of carbonyl (C=O) groups excluding carboxylic acids is 2. The number of ether oxygens (including phenoxy) is 1. The summed E-state index contributed by atoms with van der Waals surface area (Å²) >= 11 is 0. The van der Waals surface area contributed by atoms with Crippen molar-refractivity contribution in [2.75, 3.05) is 25.2 Å². The van der Waals surface area contributed by atoms with E-state index in [2.05, 4.69) is 0 Å². The summed E-state index contributed by atoms with van der Waals surface area (Å²) < 4.78 is 11.5. The van der Waals surface area contributed by atoms with Crippen LogP contribution in [0.5, 0.6) is 0 Å². The summed E-state index contributed by atoms with van der Waals surface area (Å²) in [6.45, 7) is 6.82. The van der Waals surface area contributed by atoms with E-state index < -0.39 is 11.4 Å². The summed E-state index contributed by atoms with van der Waals surface area (Å²) in [4.78, 5) is 46.4. The van der Waals surface area contributed by atoms with Gasteiger partial charge in [0.1, 0.15) is 5.58 Å². The molecule has 2 amide bonds. The van der Waals surface area contributed by atoms with E-state index in [9.17, 15) is 14.4 Å². The molecule has 2 aliphatic rings. The summed E-state index contributed by atoms with van der Waals surface area (Å²) in [6.07, 6.45) is 0.497. The summed E-state index contributed by atoms with van der Waals surface area (Å²) in [7, 11) is 1.60. The maximum Gasteiger partial charge on any atom is 0.291 e. The molecule has 7 nitrogen and oxygen atoms in total. The van der Waals surface area contributed by atoms with Gasteiger partial charge in [-0.15, -0.1) is 0 Å². The number of para-hydroxylation sites is 1. The first-order chi connectivity index (χ1) is 18.8. The Morgan fingerprint density at radius 3 is 2.38 bits per heavy atom.